The van der Waals surface area contributed by atoms with Gasteiger partial charge >= 0.3 is 0 Å². The summed E-state index contributed by atoms with van der Waals surface area (Å²) in [5.41, 5.74) is 2.27. The van der Waals surface area contributed by atoms with E-state index in [-0.39, 0.29) is 17.2 Å². The lowest BCUT2D eigenvalue weighted by Crippen LogP contribution is -2.27. The topological polar surface area (TPSA) is 49.4 Å². The number of amides is 2. The summed E-state index contributed by atoms with van der Waals surface area (Å²) in [6, 6.07) is 17.8. The van der Waals surface area contributed by atoms with Gasteiger partial charge in [-0.2, -0.15) is 0 Å². The van der Waals surface area contributed by atoms with E-state index in [1.807, 2.05) is 6.07 Å². The van der Waals surface area contributed by atoms with Gasteiger partial charge in [0.15, 0.2) is 0 Å². The van der Waals surface area contributed by atoms with Crippen molar-refractivity contribution >= 4 is 58.2 Å². The van der Waals surface area contributed by atoms with Crippen LogP contribution in [0, 0.1) is 5.82 Å². The van der Waals surface area contributed by atoms with E-state index >= 15 is 0 Å². The molecule has 3 aromatic carbocycles. The normalized spacial score (nSPS) is 16.0. The molecule has 1 atom stereocenters. The lowest BCUT2D eigenvalue weighted by molar-refractivity contribution is -0.115. The Hall–Kier alpha value is -2.54. The second kappa shape index (κ2) is 8.68. The first kappa shape index (κ1) is 20.7. The molecule has 4 rings (SSSR count). The maximum Gasteiger partial charge on any atom is 0.255 e. The average Bonchev–Trinajstić information content (AvgIpc) is 3.11. The molecule has 2 amide bonds. The minimum atomic E-state index is -0.404. The number of hydrogen-bond donors (Lipinski definition) is 1. The van der Waals surface area contributed by atoms with Gasteiger partial charge in [0.05, 0.1) is 15.8 Å². The molecule has 152 valence electrons. The molecule has 0 aliphatic carbocycles. The summed E-state index contributed by atoms with van der Waals surface area (Å²) in [5.74, 6) is -0.539. The number of hydrogen-bond acceptors (Lipinski definition) is 3. The number of carbonyl (C=O) groups excluding carboxylic acids is 2. The van der Waals surface area contributed by atoms with Crippen molar-refractivity contribution in [3.8, 4) is 0 Å². The molecule has 1 N–H and O–H groups in total. The molecular weight excluding hydrogens is 446 g/mol. The summed E-state index contributed by atoms with van der Waals surface area (Å²) in [5, 5.41) is 3.18. The van der Waals surface area contributed by atoms with E-state index in [4.69, 9.17) is 23.2 Å². The number of benzene rings is 3. The van der Waals surface area contributed by atoms with Gasteiger partial charge < -0.3 is 5.32 Å². The van der Waals surface area contributed by atoms with E-state index in [2.05, 4.69) is 5.32 Å². The molecule has 0 saturated carbocycles. The number of carbonyl (C=O) groups is 2. The van der Waals surface area contributed by atoms with Crippen molar-refractivity contribution in [1.29, 1.82) is 0 Å². The number of halogens is 3. The molecule has 1 fully saturated rings. The Labute approximate surface area is 187 Å². The van der Waals surface area contributed by atoms with Crippen molar-refractivity contribution in [1.82, 2.24) is 0 Å². The lowest BCUT2D eigenvalue weighted by atomic mass is 10.1. The van der Waals surface area contributed by atoms with Gasteiger partial charge in [-0.3, -0.25) is 14.5 Å². The molecule has 0 unspecified atom stereocenters. The predicted octanol–water partition coefficient (Wildman–Crippen LogP) is 6.16. The van der Waals surface area contributed by atoms with Crippen LogP contribution in [0.4, 0.5) is 15.8 Å². The molecule has 0 radical (unpaired) electrons. The van der Waals surface area contributed by atoms with Crippen LogP contribution in [-0.4, -0.2) is 17.6 Å². The Morgan fingerprint density at radius 2 is 1.83 bits per heavy atom. The van der Waals surface area contributed by atoms with E-state index < -0.39 is 5.82 Å². The number of nitrogens with zero attached hydrogens (tertiary/aromatic N) is 1. The minimum absolute atomic E-state index is 0.0964. The Morgan fingerprint density at radius 1 is 1.03 bits per heavy atom. The van der Waals surface area contributed by atoms with Crippen molar-refractivity contribution in [2.24, 2.45) is 0 Å². The van der Waals surface area contributed by atoms with Gasteiger partial charge in [0.25, 0.3) is 5.91 Å². The monoisotopic (exact) mass is 460 g/mol. The zero-order valence-corrected chi connectivity index (χ0v) is 17.8. The average molecular weight is 461 g/mol. The number of anilines is 2. The fourth-order valence-corrected chi connectivity index (χ4v) is 4.65. The van der Waals surface area contributed by atoms with Crippen molar-refractivity contribution in [2.75, 3.05) is 16.0 Å². The second-order valence-electron chi connectivity index (χ2n) is 6.62. The SMILES string of the molecule is O=C(Nc1cccc([C@@H]2SCC(=O)N2c2cccc(F)c2)c1)c1ccc(Cl)c(Cl)c1. The van der Waals surface area contributed by atoms with Gasteiger partial charge in [0.1, 0.15) is 11.2 Å². The highest BCUT2D eigenvalue weighted by Gasteiger charge is 2.34. The van der Waals surface area contributed by atoms with Crippen LogP contribution in [0.1, 0.15) is 21.3 Å². The molecule has 1 saturated heterocycles. The van der Waals surface area contributed by atoms with E-state index in [1.54, 1.807) is 47.4 Å². The van der Waals surface area contributed by atoms with Gasteiger partial charge in [-0.05, 0) is 54.1 Å². The highest BCUT2D eigenvalue weighted by molar-refractivity contribution is 8.00. The van der Waals surface area contributed by atoms with E-state index in [1.165, 1.54) is 30.0 Å². The molecule has 30 heavy (non-hydrogen) atoms. The van der Waals surface area contributed by atoms with Gasteiger partial charge in [-0.15, -0.1) is 11.8 Å². The molecule has 0 spiro atoms. The summed E-state index contributed by atoms with van der Waals surface area (Å²) in [6.45, 7) is 0. The molecule has 8 heteroatoms. The Bertz CT molecular complexity index is 1140. The molecule has 0 aromatic heterocycles. The first-order chi connectivity index (χ1) is 14.4. The van der Waals surface area contributed by atoms with Crippen LogP contribution in [0.5, 0.6) is 0 Å². The summed E-state index contributed by atoms with van der Waals surface area (Å²) >= 11 is 13.3. The molecule has 1 heterocycles. The molecule has 4 nitrogen and oxygen atoms in total. The van der Waals surface area contributed by atoms with Crippen molar-refractivity contribution in [3.63, 3.8) is 0 Å². The van der Waals surface area contributed by atoms with Crippen LogP contribution in [0.2, 0.25) is 10.0 Å². The maximum atomic E-state index is 13.7. The predicted molar refractivity (Wildman–Crippen MR) is 120 cm³/mol. The van der Waals surface area contributed by atoms with Crippen LogP contribution >= 0.6 is 35.0 Å². The van der Waals surface area contributed by atoms with Gasteiger partial charge in [0.2, 0.25) is 5.91 Å². The number of thioether (sulfide) groups is 1. The summed E-state index contributed by atoms with van der Waals surface area (Å²) in [7, 11) is 0. The zero-order chi connectivity index (χ0) is 21.3. The van der Waals surface area contributed by atoms with Crippen LogP contribution in [0.25, 0.3) is 0 Å². The van der Waals surface area contributed by atoms with Crippen LogP contribution in [0.3, 0.4) is 0 Å². The fourth-order valence-electron chi connectivity index (χ4n) is 3.19. The van der Waals surface area contributed by atoms with E-state index in [0.717, 1.165) is 5.56 Å². The van der Waals surface area contributed by atoms with E-state index in [9.17, 15) is 14.0 Å². The van der Waals surface area contributed by atoms with Crippen molar-refractivity contribution in [3.05, 3.63) is 93.7 Å². The third kappa shape index (κ3) is 4.31. The summed E-state index contributed by atoms with van der Waals surface area (Å²) in [6.07, 6.45) is 0. The Kier molecular flexibility index (Phi) is 5.99. The summed E-state index contributed by atoms with van der Waals surface area (Å²) in [4.78, 5) is 26.6. The smallest absolute Gasteiger partial charge is 0.255 e. The van der Waals surface area contributed by atoms with Crippen LogP contribution in [-0.2, 0) is 4.79 Å². The lowest BCUT2D eigenvalue weighted by Gasteiger charge is -2.24. The van der Waals surface area contributed by atoms with Crippen LogP contribution < -0.4 is 10.2 Å². The highest BCUT2D eigenvalue weighted by Crippen LogP contribution is 2.42. The van der Waals surface area contributed by atoms with Crippen molar-refractivity contribution < 1.29 is 14.0 Å². The minimum Gasteiger partial charge on any atom is -0.322 e. The Balaban J connectivity index is 1.58. The van der Waals surface area contributed by atoms with Gasteiger partial charge in [-0.1, -0.05) is 41.4 Å². The first-order valence-corrected chi connectivity index (χ1v) is 10.8. The zero-order valence-electron chi connectivity index (χ0n) is 15.4. The molecule has 1 aliphatic rings. The number of nitrogens with one attached hydrogen (secondary N) is 1. The van der Waals surface area contributed by atoms with E-state index in [0.29, 0.717) is 32.7 Å². The molecule has 0 bridgehead atoms. The molecule has 3 aromatic rings. The quantitative estimate of drug-likeness (QED) is 0.506. The third-order valence-corrected chi connectivity index (χ3v) is 6.52. The van der Waals surface area contributed by atoms with Crippen molar-refractivity contribution in [2.45, 2.75) is 5.37 Å². The van der Waals surface area contributed by atoms with Gasteiger partial charge in [0, 0.05) is 16.9 Å². The maximum absolute atomic E-state index is 13.7. The molecule has 1 aliphatic heterocycles. The Morgan fingerprint density at radius 3 is 2.60 bits per heavy atom. The third-order valence-electron chi connectivity index (χ3n) is 4.57. The second-order valence-corrected chi connectivity index (χ2v) is 8.50. The highest BCUT2D eigenvalue weighted by atomic mass is 35.5. The van der Waals surface area contributed by atoms with Gasteiger partial charge in [-0.25, -0.2) is 4.39 Å². The first-order valence-electron chi connectivity index (χ1n) is 8.98. The molecular formula is C22H15Cl2FN2O2S. The standard InChI is InChI=1S/C22H15Cl2FN2O2S/c23-18-8-7-13(10-19(18)24)21(29)26-16-5-1-3-14(9-16)22-27(20(28)12-30-22)17-6-2-4-15(25)11-17/h1-11,22H,12H2,(H,26,29)/t22-/m0/s1. The van der Waals surface area contributed by atoms with Crippen LogP contribution in [0.15, 0.2) is 66.7 Å². The largest absolute Gasteiger partial charge is 0.322 e. The fraction of sp³-hybridized carbons (Fsp3) is 0.0909. The number of rotatable bonds is 4. The summed E-state index contributed by atoms with van der Waals surface area (Å²) < 4.78 is 13.7.